The minimum atomic E-state index is 0.0817. The quantitative estimate of drug-likeness (QED) is 0.805. The molecule has 7 heteroatoms. The van der Waals surface area contributed by atoms with E-state index in [2.05, 4.69) is 27.4 Å². The third kappa shape index (κ3) is 2.62. The van der Waals surface area contributed by atoms with Gasteiger partial charge in [0.1, 0.15) is 18.3 Å². The molecule has 0 aliphatic heterocycles. The molecule has 0 aliphatic rings. The zero-order valence-electron chi connectivity index (χ0n) is 11.7. The van der Waals surface area contributed by atoms with E-state index >= 15 is 0 Å². The number of nitrogens with zero attached hydrogens (tertiary/aromatic N) is 5. The lowest BCUT2D eigenvalue weighted by atomic mass is 10.2. The van der Waals surface area contributed by atoms with Crippen molar-refractivity contribution in [2.45, 2.75) is 13.0 Å². The van der Waals surface area contributed by atoms with E-state index in [4.69, 9.17) is 11.6 Å². The van der Waals surface area contributed by atoms with E-state index in [0.717, 1.165) is 17.1 Å². The number of nitrogens with one attached hydrogen (secondary N) is 1. The number of anilines is 1. The Morgan fingerprint density at radius 2 is 2.10 bits per heavy atom. The van der Waals surface area contributed by atoms with Gasteiger partial charge < -0.3 is 5.32 Å². The first kappa shape index (κ1) is 13.6. The molecular weight excluding hydrogens is 288 g/mol. The summed E-state index contributed by atoms with van der Waals surface area (Å²) in [6, 6.07) is 7.77. The second kappa shape index (κ2) is 5.57. The number of benzene rings is 1. The van der Waals surface area contributed by atoms with Gasteiger partial charge in [-0.3, -0.25) is 4.68 Å². The average Bonchev–Trinajstić information content (AvgIpc) is 3.10. The van der Waals surface area contributed by atoms with Crippen molar-refractivity contribution in [2.75, 3.05) is 5.32 Å². The van der Waals surface area contributed by atoms with Gasteiger partial charge in [0.2, 0.25) is 0 Å². The maximum absolute atomic E-state index is 6.31. The molecule has 1 unspecified atom stereocenters. The van der Waals surface area contributed by atoms with Gasteiger partial charge in [-0.15, -0.1) is 0 Å². The minimum absolute atomic E-state index is 0.0817. The second-order valence-corrected chi connectivity index (χ2v) is 5.13. The molecule has 0 aliphatic carbocycles. The van der Waals surface area contributed by atoms with Gasteiger partial charge in [0.05, 0.1) is 22.4 Å². The molecular formula is C14H15ClN6. The summed E-state index contributed by atoms with van der Waals surface area (Å²) in [6.45, 7) is 2.07. The van der Waals surface area contributed by atoms with Gasteiger partial charge in [-0.05, 0) is 25.1 Å². The third-order valence-electron chi connectivity index (χ3n) is 3.31. The fourth-order valence-corrected chi connectivity index (χ4v) is 2.57. The molecule has 3 rings (SSSR count). The predicted octanol–water partition coefficient (Wildman–Crippen LogP) is 2.83. The Bertz CT molecular complexity index is 734. The molecule has 1 N–H and O–H groups in total. The molecule has 21 heavy (non-hydrogen) atoms. The summed E-state index contributed by atoms with van der Waals surface area (Å²) in [5, 5.41) is 12.4. The summed E-state index contributed by atoms with van der Waals surface area (Å²) in [5.74, 6) is 0. The molecule has 108 valence electrons. The normalized spacial score (nSPS) is 12.3. The number of para-hydroxylation sites is 1. The molecule has 1 aromatic carbocycles. The maximum atomic E-state index is 6.31. The largest absolute Gasteiger partial charge is 0.375 e. The summed E-state index contributed by atoms with van der Waals surface area (Å²) in [7, 11) is 1.92. The maximum Gasteiger partial charge on any atom is 0.138 e. The first-order valence-electron chi connectivity index (χ1n) is 6.55. The van der Waals surface area contributed by atoms with Crippen LogP contribution in [0.25, 0.3) is 5.69 Å². The minimum Gasteiger partial charge on any atom is -0.375 e. The van der Waals surface area contributed by atoms with Crippen molar-refractivity contribution in [3.05, 3.63) is 53.8 Å². The van der Waals surface area contributed by atoms with E-state index in [1.807, 2.05) is 36.0 Å². The topological polar surface area (TPSA) is 60.6 Å². The van der Waals surface area contributed by atoms with E-state index in [1.54, 1.807) is 17.2 Å². The molecule has 0 saturated heterocycles. The number of hydrogen-bond acceptors (Lipinski definition) is 4. The van der Waals surface area contributed by atoms with Crippen LogP contribution in [0.3, 0.4) is 0 Å². The Kier molecular flexibility index (Phi) is 3.62. The van der Waals surface area contributed by atoms with Crippen LogP contribution in [0.15, 0.2) is 43.1 Å². The van der Waals surface area contributed by atoms with Gasteiger partial charge in [0.15, 0.2) is 0 Å². The van der Waals surface area contributed by atoms with Crippen molar-refractivity contribution in [3.63, 3.8) is 0 Å². The first-order valence-corrected chi connectivity index (χ1v) is 6.92. The molecule has 1 atom stereocenters. The summed E-state index contributed by atoms with van der Waals surface area (Å²) >= 11 is 6.31. The lowest BCUT2D eigenvalue weighted by Gasteiger charge is -2.19. The van der Waals surface area contributed by atoms with Crippen molar-refractivity contribution < 1.29 is 0 Å². The van der Waals surface area contributed by atoms with Crippen molar-refractivity contribution in [1.82, 2.24) is 24.5 Å². The molecule has 0 fully saturated rings. The van der Waals surface area contributed by atoms with Crippen LogP contribution < -0.4 is 5.32 Å². The van der Waals surface area contributed by atoms with Gasteiger partial charge in [-0.1, -0.05) is 17.7 Å². The predicted molar refractivity (Wildman–Crippen MR) is 81.6 cm³/mol. The molecule has 0 bridgehead atoms. The summed E-state index contributed by atoms with van der Waals surface area (Å²) in [5.41, 5.74) is 2.76. The number of hydrogen-bond donors (Lipinski definition) is 1. The molecule has 0 spiro atoms. The Hall–Kier alpha value is -2.34. The molecule has 2 heterocycles. The second-order valence-electron chi connectivity index (χ2n) is 4.72. The fraction of sp³-hybridized carbons (Fsp3) is 0.214. The number of rotatable bonds is 4. The molecule has 3 aromatic rings. The van der Waals surface area contributed by atoms with Crippen LogP contribution in [0, 0.1) is 0 Å². The van der Waals surface area contributed by atoms with E-state index < -0.39 is 0 Å². The van der Waals surface area contributed by atoms with Gasteiger partial charge in [-0.25, -0.2) is 9.67 Å². The molecule has 0 amide bonds. The van der Waals surface area contributed by atoms with Crippen LogP contribution in [0.5, 0.6) is 0 Å². The van der Waals surface area contributed by atoms with E-state index in [1.165, 1.54) is 6.33 Å². The average molecular weight is 303 g/mol. The van der Waals surface area contributed by atoms with Crippen molar-refractivity contribution >= 4 is 17.3 Å². The van der Waals surface area contributed by atoms with Crippen LogP contribution in [-0.2, 0) is 7.05 Å². The van der Waals surface area contributed by atoms with Gasteiger partial charge in [-0.2, -0.15) is 10.2 Å². The van der Waals surface area contributed by atoms with Crippen LogP contribution in [0.1, 0.15) is 18.7 Å². The van der Waals surface area contributed by atoms with E-state index in [9.17, 15) is 0 Å². The zero-order chi connectivity index (χ0) is 14.8. The summed E-state index contributed by atoms with van der Waals surface area (Å²) in [4.78, 5) is 3.98. The Morgan fingerprint density at radius 3 is 2.76 bits per heavy atom. The zero-order valence-corrected chi connectivity index (χ0v) is 12.5. The highest BCUT2D eigenvalue weighted by molar-refractivity contribution is 6.33. The third-order valence-corrected chi connectivity index (χ3v) is 3.61. The monoisotopic (exact) mass is 302 g/mol. The van der Waals surface area contributed by atoms with Crippen LogP contribution in [0.4, 0.5) is 5.69 Å². The first-order chi connectivity index (χ1) is 10.2. The molecule has 6 nitrogen and oxygen atoms in total. The van der Waals surface area contributed by atoms with Crippen molar-refractivity contribution in [1.29, 1.82) is 0 Å². The highest BCUT2D eigenvalue weighted by Gasteiger charge is 2.14. The van der Waals surface area contributed by atoms with E-state index in [-0.39, 0.29) is 6.04 Å². The van der Waals surface area contributed by atoms with E-state index in [0.29, 0.717) is 5.02 Å². The van der Waals surface area contributed by atoms with Gasteiger partial charge in [0.25, 0.3) is 0 Å². The van der Waals surface area contributed by atoms with Crippen LogP contribution in [0.2, 0.25) is 5.02 Å². The highest BCUT2D eigenvalue weighted by Crippen LogP contribution is 2.30. The SMILES string of the molecule is CC(Nc1cccc(Cl)c1-n1cncn1)c1ccnn1C. The summed E-state index contributed by atoms with van der Waals surface area (Å²) in [6.07, 6.45) is 4.89. The fourth-order valence-electron chi connectivity index (χ4n) is 2.30. The van der Waals surface area contributed by atoms with Crippen molar-refractivity contribution in [3.8, 4) is 5.69 Å². The lowest BCUT2D eigenvalue weighted by Crippen LogP contribution is -2.13. The standard InChI is InChI=1S/C14H15ClN6/c1-10(13-6-7-17-20(13)2)19-12-5-3-4-11(15)14(12)21-9-16-8-18-21/h3-10,19H,1-2H3. The number of aromatic nitrogens is 5. The molecule has 0 radical (unpaired) electrons. The Morgan fingerprint density at radius 1 is 1.24 bits per heavy atom. The van der Waals surface area contributed by atoms with Crippen LogP contribution in [-0.4, -0.2) is 24.5 Å². The number of halogens is 1. The number of aryl methyl sites for hydroxylation is 1. The Labute approximate surface area is 127 Å². The smallest absolute Gasteiger partial charge is 0.138 e. The van der Waals surface area contributed by atoms with Crippen molar-refractivity contribution in [2.24, 2.45) is 7.05 Å². The summed E-state index contributed by atoms with van der Waals surface area (Å²) < 4.78 is 3.50. The highest BCUT2D eigenvalue weighted by atomic mass is 35.5. The molecule has 0 saturated carbocycles. The molecule has 2 aromatic heterocycles. The van der Waals surface area contributed by atoms with Gasteiger partial charge >= 0.3 is 0 Å². The van der Waals surface area contributed by atoms with Crippen LogP contribution >= 0.6 is 11.6 Å². The van der Waals surface area contributed by atoms with Gasteiger partial charge in [0, 0.05) is 13.2 Å². The Balaban J connectivity index is 1.96. The lowest BCUT2D eigenvalue weighted by molar-refractivity contribution is 0.675.